The number of hydrogen-bond donors (Lipinski definition) is 3. The molecule has 2 aliphatic rings. The minimum atomic E-state index is -0.120. The minimum absolute atomic E-state index is 0.120. The number of nitrogens with zero attached hydrogens (tertiary/aromatic N) is 2. The van der Waals surface area contributed by atoms with Gasteiger partial charge in [0.2, 0.25) is 0 Å². The van der Waals surface area contributed by atoms with Crippen LogP contribution >= 0.6 is 0 Å². The Labute approximate surface area is 157 Å². The molecule has 0 radical (unpaired) electrons. The van der Waals surface area contributed by atoms with Crippen molar-refractivity contribution in [3.8, 4) is 0 Å². The lowest BCUT2D eigenvalue weighted by atomic mass is 9.93. The zero-order chi connectivity index (χ0) is 18.2. The molecule has 3 rings (SSSR count). The predicted octanol–water partition coefficient (Wildman–Crippen LogP) is 2.68. The van der Waals surface area contributed by atoms with Crippen molar-refractivity contribution < 1.29 is 5.11 Å². The first kappa shape index (κ1) is 19.2. The van der Waals surface area contributed by atoms with E-state index in [0.29, 0.717) is 12.1 Å². The lowest BCUT2D eigenvalue weighted by molar-refractivity contribution is 0.120. The number of guanidine groups is 1. The summed E-state index contributed by atoms with van der Waals surface area (Å²) in [4.78, 5) is 7.51. The Morgan fingerprint density at radius 2 is 1.85 bits per heavy atom. The normalized spacial score (nSPS) is 25.8. The third-order valence-corrected chi connectivity index (χ3v) is 5.57. The van der Waals surface area contributed by atoms with Gasteiger partial charge in [-0.15, -0.1) is 0 Å². The second-order valence-corrected chi connectivity index (χ2v) is 7.54. The van der Waals surface area contributed by atoms with E-state index in [4.69, 9.17) is 4.99 Å². The summed E-state index contributed by atoms with van der Waals surface area (Å²) >= 11 is 0. The summed E-state index contributed by atoms with van der Waals surface area (Å²) in [6.45, 7) is 6.08. The maximum atomic E-state index is 9.71. The summed E-state index contributed by atoms with van der Waals surface area (Å²) < 4.78 is 0. The van der Waals surface area contributed by atoms with E-state index >= 15 is 0 Å². The standard InChI is InChI=1S/C21H34N4O/c1-2-22-21(24-18-10-12-19(26)13-11-18)23-16-20(25-14-6-7-15-25)17-8-4-3-5-9-17/h3-5,8-9,18-20,26H,2,6-7,10-16H2,1H3,(H2,22,23,24). The second-order valence-electron chi connectivity index (χ2n) is 7.54. The number of rotatable bonds is 6. The van der Waals surface area contributed by atoms with Crippen molar-refractivity contribution in [3.63, 3.8) is 0 Å². The Kier molecular flexibility index (Phi) is 7.32. The molecule has 0 spiro atoms. The molecular formula is C21H34N4O. The van der Waals surface area contributed by atoms with E-state index in [0.717, 1.165) is 44.7 Å². The zero-order valence-electron chi connectivity index (χ0n) is 16.0. The highest BCUT2D eigenvalue weighted by atomic mass is 16.3. The first-order valence-corrected chi connectivity index (χ1v) is 10.3. The molecule has 1 aromatic carbocycles. The molecule has 1 heterocycles. The van der Waals surface area contributed by atoms with Crippen LogP contribution < -0.4 is 10.6 Å². The summed E-state index contributed by atoms with van der Waals surface area (Å²) in [5.74, 6) is 0.911. The molecule has 0 amide bonds. The van der Waals surface area contributed by atoms with Crippen molar-refractivity contribution in [3.05, 3.63) is 35.9 Å². The largest absolute Gasteiger partial charge is 0.393 e. The molecule has 1 aromatic rings. The fourth-order valence-electron chi connectivity index (χ4n) is 4.07. The van der Waals surface area contributed by atoms with E-state index in [1.165, 1.54) is 31.5 Å². The van der Waals surface area contributed by atoms with Gasteiger partial charge < -0.3 is 15.7 Å². The van der Waals surface area contributed by atoms with Crippen LogP contribution in [-0.4, -0.2) is 54.3 Å². The Balaban J connectivity index is 1.66. The molecule has 144 valence electrons. The van der Waals surface area contributed by atoms with E-state index < -0.39 is 0 Å². The first-order chi connectivity index (χ1) is 12.8. The van der Waals surface area contributed by atoms with Crippen molar-refractivity contribution in [1.29, 1.82) is 0 Å². The third-order valence-electron chi connectivity index (χ3n) is 5.57. The highest BCUT2D eigenvalue weighted by Crippen LogP contribution is 2.25. The first-order valence-electron chi connectivity index (χ1n) is 10.3. The van der Waals surface area contributed by atoms with Gasteiger partial charge >= 0.3 is 0 Å². The molecule has 2 fully saturated rings. The maximum Gasteiger partial charge on any atom is 0.191 e. The average Bonchev–Trinajstić information content (AvgIpc) is 3.19. The molecule has 1 saturated heterocycles. The molecule has 1 unspecified atom stereocenters. The van der Waals surface area contributed by atoms with Gasteiger partial charge in [0.25, 0.3) is 0 Å². The molecule has 5 heteroatoms. The van der Waals surface area contributed by atoms with Crippen molar-refractivity contribution in [1.82, 2.24) is 15.5 Å². The van der Waals surface area contributed by atoms with Crippen molar-refractivity contribution in [2.45, 2.75) is 63.6 Å². The summed E-state index contributed by atoms with van der Waals surface area (Å²) in [6, 6.07) is 11.5. The van der Waals surface area contributed by atoms with Gasteiger partial charge in [0.1, 0.15) is 0 Å². The highest BCUT2D eigenvalue weighted by Gasteiger charge is 2.24. The number of hydrogen-bond acceptors (Lipinski definition) is 3. The van der Waals surface area contributed by atoms with Gasteiger partial charge in [-0.1, -0.05) is 30.3 Å². The van der Waals surface area contributed by atoms with Crippen LogP contribution in [0.2, 0.25) is 0 Å². The van der Waals surface area contributed by atoms with Crippen LogP contribution in [0, 0.1) is 0 Å². The topological polar surface area (TPSA) is 59.9 Å². The minimum Gasteiger partial charge on any atom is -0.393 e. The molecule has 5 nitrogen and oxygen atoms in total. The number of benzene rings is 1. The SMILES string of the molecule is CCNC(=NCC(c1ccccc1)N1CCCC1)NC1CCC(O)CC1. The van der Waals surface area contributed by atoms with Gasteiger partial charge in [0.05, 0.1) is 18.7 Å². The molecular weight excluding hydrogens is 324 g/mol. The van der Waals surface area contributed by atoms with Crippen LogP contribution in [0.1, 0.15) is 57.1 Å². The van der Waals surface area contributed by atoms with Gasteiger partial charge in [0.15, 0.2) is 5.96 Å². The number of nitrogens with one attached hydrogen (secondary N) is 2. The molecule has 1 aliphatic carbocycles. The van der Waals surface area contributed by atoms with Crippen LogP contribution in [0.25, 0.3) is 0 Å². The Hall–Kier alpha value is -1.59. The van der Waals surface area contributed by atoms with Gasteiger partial charge in [-0.2, -0.15) is 0 Å². The summed E-state index contributed by atoms with van der Waals surface area (Å²) in [7, 11) is 0. The second kappa shape index (κ2) is 9.93. The van der Waals surface area contributed by atoms with E-state index in [1.807, 2.05) is 0 Å². The van der Waals surface area contributed by atoms with Crippen molar-refractivity contribution in [2.24, 2.45) is 4.99 Å². The van der Waals surface area contributed by atoms with E-state index in [1.54, 1.807) is 0 Å². The smallest absolute Gasteiger partial charge is 0.191 e. The van der Waals surface area contributed by atoms with Crippen LogP contribution in [0.5, 0.6) is 0 Å². The fraction of sp³-hybridized carbons (Fsp3) is 0.667. The van der Waals surface area contributed by atoms with E-state index in [-0.39, 0.29) is 6.10 Å². The number of aliphatic imine (C=N–C) groups is 1. The average molecular weight is 359 g/mol. The Bertz CT molecular complexity index is 548. The molecule has 1 aliphatic heterocycles. The van der Waals surface area contributed by atoms with Gasteiger partial charge in [0, 0.05) is 12.6 Å². The maximum absolute atomic E-state index is 9.71. The lowest BCUT2D eigenvalue weighted by Gasteiger charge is -2.29. The molecule has 3 N–H and O–H groups in total. The number of aliphatic hydroxyl groups is 1. The quantitative estimate of drug-likeness (QED) is 0.540. The van der Waals surface area contributed by atoms with Gasteiger partial charge in [-0.25, -0.2) is 0 Å². The number of likely N-dealkylation sites (tertiary alicyclic amines) is 1. The van der Waals surface area contributed by atoms with Gasteiger partial charge in [-0.05, 0) is 64.1 Å². The monoisotopic (exact) mass is 358 g/mol. The number of aliphatic hydroxyl groups excluding tert-OH is 1. The van der Waals surface area contributed by atoms with Crippen LogP contribution in [0.4, 0.5) is 0 Å². The Morgan fingerprint density at radius 1 is 1.15 bits per heavy atom. The molecule has 26 heavy (non-hydrogen) atoms. The predicted molar refractivity (Wildman–Crippen MR) is 107 cm³/mol. The molecule has 0 aromatic heterocycles. The fourth-order valence-corrected chi connectivity index (χ4v) is 4.07. The van der Waals surface area contributed by atoms with Gasteiger partial charge in [-0.3, -0.25) is 9.89 Å². The van der Waals surface area contributed by atoms with E-state index in [9.17, 15) is 5.11 Å². The van der Waals surface area contributed by atoms with Crippen molar-refractivity contribution >= 4 is 5.96 Å². The summed E-state index contributed by atoms with van der Waals surface area (Å²) in [6.07, 6.45) is 6.25. The van der Waals surface area contributed by atoms with Crippen LogP contribution in [0.15, 0.2) is 35.3 Å². The van der Waals surface area contributed by atoms with Crippen LogP contribution in [0.3, 0.4) is 0 Å². The zero-order valence-corrected chi connectivity index (χ0v) is 16.0. The molecule has 0 bridgehead atoms. The van der Waals surface area contributed by atoms with E-state index in [2.05, 4.69) is 52.8 Å². The summed E-state index contributed by atoms with van der Waals surface area (Å²) in [5.41, 5.74) is 1.36. The highest BCUT2D eigenvalue weighted by molar-refractivity contribution is 5.80. The summed E-state index contributed by atoms with van der Waals surface area (Å²) in [5, 5.41) is 16.7. The lowest BCUT2D eigenvalue weighted by Crippen LogP contribution is -2.45. The van der Waals surface area contributed by atoms with Crippen molar-refractivity contribution in [2.75, 3.05) is 26.2 Å². The third kappa shape index (κ3) is 5.45. The molecule has 1 saturated carbocycles. The molecule has 1 atom stereocenters. The Morgan fingerprint density at radius 3 is 2.50 bits per heavy atom. The van der Waals surface area contributed by atoms with Crippen LogP contribution in [-0.2, 0) is 0 Å².